The monoisotopic (exact) mass is 323 g/mol. The number of ether oxygens (including phenoxy) is 1. The van der Waals surface area contributed by atoms with E-state index in [0.717, 1.165) is 22.1 Å². The van der Waals surface area contributed by atoms with E-state index < -0.39 is 6.10 Å². The minimum absolute atomic E-state index is 0.232. The standard InChI is InChI=1S/C14H17N3O2S2/c1-4-10-7-5-6-8-11(10)19-9(2)12(18)15-13-16-17-14(20-3)21-13/h5-9H,4H2,1-3H3,(H,15,16,18). The van der Waals surface area contributed by atoms with Crippen molar-refractivity contribution in [1.82, 2.24) is 10.2 Å². The summed E-state index contributed by atoms with van der Waals surface area (Å²) in [6.45, 7) is 3.77. The van der Waals surface area contributed by atoms with Gasteiger partial charge in [-0.3, -0.25) is 10.1 Å². The van der Waals surface area contributed by atoms with E-state index in [-0.39, 0.29) is 5.91 Å². The van der Waals surface area contributed by atoms with Crippen molar-refractivity contribution in [1.29, 1.82) is 0 Å². The largest absolute Gasteiger partial charge is 0.481 e. The maximum atomic E-state index is 12.1. The molecular weight excluding hydrogens is 306 g/mol. The molecule has 2 aromatic rings. The normalized spacial score (nSPS) is 12.0. The zero-order valence-corrected chi connectivity index (χ0v) is 13.8. The van der Waals surface area contributed by atoms with Gasteiger partial charge in [-0.05, 0) is 31.2 Å². The molecule has 0 radical (unpaired) electrons. The molecule has 21 heavy (non-hydrogen) atoms. The van der Waals surface area contributed by atoms with Gasteiger partial charge in [0.15, 0.2) is 10.4 Å². The lowest BCUT2D eigenvalue weighted by Gasteiger charge is -2.15. The fourth-order valence-corrected chi connectivity index (χ4v) is 2.88. The van der Waals surface area contributed by atoms with Crippen molar-refractivity contribution in [2.24, 2.45) is 0 Å². The van der Waals surface area contributed by atoms with E-state index in [1.165, 1.54) is 23.1 Å². The van der Waals surface area contributed by atoms with Gasteiger partial charge in [0.1, 0.15) is 5.75 Å². The zero-order chi connectivity index (χ0) is 15.2. The van der Waals surface area contributed by atoms with Crippen LogP contribution in [0.2, 0.25) is 0 Å². The van der Waals surface area contributed by atoms with Gasteiger partial charge in [-0.25, -0.2) is 0 Å². The lowest BCUT2D eigenvalue weighted by atomic mass is 10.1. The van der Waals surface area contributed by atoms with Gasteiger partial charge in [0.05, 0.1) is 0 Å². The fourth-order valence-electron chi connectivity index (χ4n) is 1.70. The average molecular weight is 323 g/mol. The fraction of sp³-hybridized carbons (Fsp3) is 0.357. The van der Waals surface area contributed by atoms with E-state index in [1.807, 2.05) is 30.5 Å². The molecule has 0 spiro atoms. The molecule has 0 saturated carbocycles. The predicted octanol–water partition coefficient (Wildman–Crippen LogP) is 3.23. The van der Waals surface area contributed by atoms with Crippen LogP contribution >= 0.6 is 23.1 Å². The molecule has 7 heteroatoms. The maximum absolute atomic E-state index is 12.1. The third-order valence-corrected chi connectivity index (χ3v) is 4.65. The van der Waals surface area contributed by atoms with Crippen molar-refractivity contribution in [3.8, 4) is 5.75 Å². The maximum Gasteiger partial charge on any atom is 0.266 e. The number of amides is 1. The van der Waals surface area contributed by atoms with E-state index in [1.54, 1.807) is 6.92 Å². The molecule has 0 aliphatic rings. The van der Waals surface area contributed by atoms with E-state index in [4.69, 9.17) is 4.74 Å². The molecule has 0 fully saturated rings. The number of hydrogen-bond donors (Lipinski definition) is 1. The minimum Gasteiger partial charge on any atom is -0.481 e. The molecule has 0 aliphatic carbocycles. The number of nitrogens with zero attached hydrogens (tertiary/aromatic N) is 2. The van der Waals surface area contributed by atoms with Gasteiger partial charge in [-0.15, -0.1) is 10.2 Å². The van der Waals surface area contributed by atoms with Crippen LogP contribution in [-0.4, -0.2) is 28.5 Å². The first kappa shape index (κ1) is 15.8. The lowest BCUT2D eigenvalue weighted by molar-refractivity contribution is -0.122. The van der Waals surface area contributed by atoms with Gasteiger partial charge in [0.2, 0.25) is 5.13 Å². The van der Waals surface area contributed by atoms with Crippen LogP contribution in [0, 0.1) is 0 Å². The summed E-state index contributed by atoms with van der Waals surface area (Å²) in [6, 6.07) is 7.73. The molecule has 1 unspecified atom stereocenters. The Morgan fingerprint density at radius 2 is 2.19 bits per heavy atom. The Morgan fingerprint density at radius 3 is 2.86 bits per heavy atom. The summed E-state index contributed by atoms with van der Waals surface area (Å²) in [5, 5.41) is 11.1. The summed E-state index contributed by atoms with van der Waals surface area (Å²) in [7, 11) is 0. The third kappa shape index (κ3) is 4.18. The molecule has 5 nitrogen and oxygen atoms in total. The highest BCUT2D eigenvalue weighted by Crippen LogP contribution is 2.24. The quantitative estimate of drug-likeness (QED) is 0.653. The van der Waals surface area contributed by atoms with Gasteiger partial charge in [0.25, 0.3) is 5.91 Å². The van der Waals surface area contributed by atoms with Crippen LogP contribution < -0.4 is 10.1 Å². The zero-order valence-electron chi connectivity index (χ0n) is 12.1. The second kappa shape index (κ2) is 7.42. The molecule has 1 N–H and O–H groups in total. The van der Waals surface area contributed by atoms with Crippen molar-refractivity contribution < 1.29 is 9.53 Å². The molecule has 0 saturated heterocycles. The van der Waals surface area contributed by atoms with E-state index in [9.17, 15) is 4.79 Å². The van der Waals surface area contributed by atoms with Crippen LogP contribution in [0.3, 0.4) is 0 Å². The van der Waals surface area contributed by atoms with Crippen LogP contribution in [0.25, 0.3) is 0 Å². The number of anilines is 1. The van der Waals surface area contributed by atoms with E-state index in [0.29, 0.717) is 5.13 Å². The number of nitrogens with one attached hydrogen (secondary N) is 1. The van der Waals surface area contributed by atoms with Crippen LogP contribution in [-0.2, 0) is 11.2 Å². The van der Waals surface area contributed by atoms with Crippen LogP contribution in [0.5, 0.6) is 5.75 Å². The summed E-state index contributed by atoms with van der Waals surface area (Å²) in [6.07, 6.45) is 2.18. The Morgan fingerprint density at radius 1 is 1.43 bits per heavy atom. The number of rotatable bonds is 6. The molecule has 0 aliphatic heterocycles. The number of hydrogen-bond acceptors (Lipinski definition) is 6. The summed E-state index contributed by atoms with van der Waals surface area (Å²) in [4.78, 5) is 12.1. The van der Waals surface area contributed by atoms with Crippen LogP contribution in [0.1, 0.15) is 19.4 Å². The van der Waals surface area contributed by atoms with Crippen molar-refractivity contribution in [3.05, 3.63) is 29.8 Å². The highest BCUT2D eigenvalue weighted by molar-refractivity contribution is 8.00. The molecule has 1 atom stereocenters. The second-order valence-corrected chi connectivity index (χ2v) is 6.32. The summed E-state index contributed by atoms with van der Waals surface area (Å²) in [5.74, 6) is 0.509. The number of para-hydroxylation sites is 1. The Kier molecular flexibility index (Phi) is 5.58. The molecule has 1 heterocycles. The third-order valence-electron chi connectivity index (χ3n) is 2.84. The van der Waals surface area contributed by atoms with Crippen molar-refractivity contribution in [2.75, 3.05) is 11.6 Å². The smallest absolute Gasteiger partial charge is 0.266 e. The molecule has 112 valence electrons. The minimum atomic E-state index is -0.598. The molecule has 1 aromatic heterocycles. The number of carbonyl (C=O) groups is 1. The van der Waals surface area contributed by atoms with Gasteiger partial charge in [0, 0.05) is 0 Å². The van der Waals surface area contributed by atoms with Gasteiger partial charge >= 0.3 is 0 Å². The topological polar surface area (TPSA) is 64.1 Å². The van der Waals surface area contributed by atoms with Crippen molar-refractivity contribution >= 4 is 34.1 Å². The number of thioether (sulfide) groups is 1. The Balaban J connectivity index is 1.99. The molecular formula is C14H17N3O2S2. The Hall–Kier alpha value is -1.60. The molecule has 1 amide bonds. The number of benzene rings is 1. The van der Waals surface area contributed by atoms with Crippen molar-refractivity contribution in [3.63, 3.8) is 0 Å². The van der Waals surface area contributed by atoms with Crippen molar-refractivity contribution in [2.45, 2.75) is 30.7 Å². The van der Waals surface area contributed by atoms with Crippen LogP contribution in [0.4, 0.5) is 5.13 Å². The van der Waals surface area contributed by atoms with Crippen LogP contribution in [0.15, 0.2) is 28.6 Å². The highest BCUT2D eigenvalue weighted by Gasteiger charge is 2.17. The first-order chi connectivity index (χ1) is 10.1. The summed E-state index contributed by atoms with van der Waals surface area (Å²) in [5.41, 5.74) is 1.08. The first-order valence-electron chi connectivity index (χ1n) is 6.57. The average Bonchev–Trinajstić information content (AvgIpc) is 2.95. The lowest BCUT2D eigenvalue weighted by Crippen LogP contribution is -2.30. The van der Waals surface area contributed by atoms with Gasteiger partial charge in [-0.2, -0.15) is 0 Å². The number of aromatic nitrogens is 2. The summed E-state index contributed by atoms with van der Waals surface area (Å²) < 4.78 is 6.56. The van der Waals surface area contributed by atoms with Gasteiger partial charge < -0.3 is 4.74 Å². The Labute approximate surface area is 132 Å². The predicted molar refractivity (Wildman–Crippen MR) is 86.2 cm³/mol. The number of carbonyl (C=O) groups excluding carboxylic acids is 1. The molecule has 0 bridgehead atoms. The number of aryl methyl sites for hydroxylation is 1. The second-order valence-electron chi connectivity index (χ2n) is 4.29. The van der Waals surface area contributed by atoms with E-state index >= 15 is 0 Å². The summed E-state index contributed by atoms with van der Waals surface area (Å²) >= 11 is 2.84. The molecule has 2 rings (SSSR count). The Bertz CT molecular complexity index is 616. The SMILES string of the molecule is CCc1ccccc1OC(C)C(=O)Nc1nnc(SC)s1. The van der Waals surface area contributed by atoms with Gasteiger partial charge in [-0.1, -0.05) is 48.2 Å². The van der Waals surface area contributed by atoms with E-state index in [2.05, 4.69) is 22.4 Å². The highest BCUT2D eigenvalue weighted by atomic mass is 32.2. The first-order valence-corrected chi connectivity index (χ1v) is 8.61. The molecule has 1 aromatic carbocycles.